The molecule has 1 N–H and O–H groups in total. The molecule has 1 aromatic carbocycles. The normalized spacial score (nSPS) is 13.2. The number of hydrogen-bond acceptors (Lipinski definition) is 3. The van der Waals surface area contributed by atoms with E-state index in [4.69, 9.17) is 16.3 Å². The zero-order chi connectivity index (χ0) is 15.1. The summed E-state index contributed by atoms with van der Waals surface area (Å²) in [5, 5.41) is 10.8. The lowest BCUT2D eigenvalue weighted by molar-refractivity contribution is 0.0601. The van der Waals surface area contributed by atoms with Crippen LogP contribution in [0.2, 0.25) is 5.02 Å². The molecule has 0 aromatic heterocycles. The Balaban J connectivity index is 2.37. The number of likely N-dealkylation sites (N-methyl/N-ethyl adjacent to an activating group) is 1. The maximum Gasteiger partial charge on any atom is 0.0816 e. The van der Waals surface area contributed by atoms with Crippen LogP contribution >= 0.6 is 27.5 Å². The lowest BCUT2D eigenvalue weighted by atomic mass is 10.1. The van der Waals surface area contributed by atoms with E-state index in [1.54, 1.807) is 6.07 Å². The van der Waals surface area contributed by atoms with Crippen molar-refractivity contribution in [2.45, 2.75) is 32.5 Å². The molecule has 1 rings (SSSR count). The molecule has 20 heavy (non-hydrogen) atoms. The molecule has 0 radical (unpaired) electrons. The minimum Gasteiger partial charge on any atom is -0.388 e. The Morgan fingerprint density at radius 1 is 1.35 bits per heavy atom. The number of aliphatic hydroxyl groups is 1. The van der Waals surface area contributed by atoms with Crippen LogP contribution in [0.15, 0.2) is 22.7 Å². The van der Waals surface area contributed by atoms with E-state index >= 15 is 0 Å². The van der Waals surface area contributed by atoms with Gasteiger partial charge in [-0.05, 0) is 45.0 Å². The Bertz CT molecular complexity index is 415. The summed E-state index contributed by atoms with van der Waals surface area (Å²) in [6, 6.07) is 5.56. The molecule has 0 saturated carbocycles. The van der Waals surface area contributed by atoms with E-state index in [1.807, 2.05) is 33.0 Å². The van der Waals surface area contributed by atoms with Gasteiger partial charge >= 0.3 is 0 Å². The van der Waals surface area contributed by atoms with Crippen LogP contribution in [-0.4, -0.2) is 42.9 Å². The number of aliphatic hydroxyl groups excluding tert-OH is 1. The van der Waals surface area contributed by atoms with Crippen LogP contribution in [-0.2, 0) is 4.74 Å². The fourth-order valence-electron chi connectivity index (χ4n) is 1.83. The maximum atomic E-state index is 10.2. The largest absolute Gasteiger partial charge is 0.388 e. The predicted molar refractivity (Wildman–Crippen MR) is 87.3 cm³/mol. The zero-order valence-corrected chi connectivity index (χ0v) is 14.6. The molecule has 0 amide bonds. The van der Waals surface area contributed by atoms with Crippen molar-refractivity contribution in [2.75, 3.05) is 26.7 Å². The molecule has 0 heterocycles. The summed E-state index contributed by atoms with van der Waals surface area (Å²) in [5.41, 5.74) is 0.779. The second-order valence-corrected chi connectivity index (χ2v) is 6.52. The summed E-state index contributed by atoms with van der Waals surface area (Å²) < 4.78 is 6.42. The van der Waals surface area contributed by atoms with Crippen LogP contribution in [0.25, 0.3) is 0 Å². The number of benzene rings is 1. The summed E-state index contributed by atoms with van der Waals surface area (Å²) in [7, 11) is 2.03. The van der Waals surface area contributed by atoms with Gasteiger partial charge in [-0.25, -0.2) is 0 Å². The monoisotopic (exact) mass is 363 g/mol. The summed E-state index contributed by atoms with van der Waals surface area (Å²) in [6.07, 6.45) is 0.374. The highest BCUT2D eigenvalue weighted by Gasteiger charge is 2.12. The lowest BCUT2D eigenvalue weighted by Crippen LogP contribution is -2.26. The number of rotatable bonds is 8. The van der Waals surface area contributed by atoms with Gasteiger partial charge in [0.25, 0.3) is 0 Å². The molecule has 0 bridgehead atoms. The standard InChI is InChI=1S/C15H23BrClNO2/c1-11(2)20-9-8-18(3)7-6-15(19)13-5-4-12(16)10-14(13)17/h4-5,10-11,15,19H,6-9H2,1-3H3. The van der Waals surface area contributed by atoms with Crippen LogP contribution in [0.1, 0.15) is 31.9 Å². The molecule has 0 aliphatic heterocycles. The lowest BCUT2D eigenvalue weighted by Gasteiger charge is -2.20. The van der Waals surface area contributed by atoms with Gasteiger partial charge < -0.3 is 14.7 Å². The van der Waals surface area contributed by atoms with E-state index in [1.165, 1.54) is 0 Å². The van der Waals surface area contributed by atoms with Crippen LogP contribution in [0.5, 0.6) is 0 Å². The Labute approximate surface area is 135 Å². The zero-order valence-electron chi connectivity index (χ0n) is 12.3. The molecule has 0 spiro atoms. The van der Waals surface area contributed by atoms with Gasteiger partial charge in [0.2, 0.25) is 0 Å². The van der Waals surface area contributed by atoms with E-state index in [0.717, 1.165) is 23.1 Å². The number of nitrogens with zero attached hydrogens (tertiary/aromatic N) is 1. The van der Waals surface area contributed by atoms with Crippen LogP contribution in [0.3, 0.4) is 0 Å². The van der Waals surface area contributed by atoms with Crippen LogP contribution in [0, 0.1) is 0 Å². The minimum atomic E-state index is -0.538. The molecule has 0 aliphatic carbocycles. The van der Waals surface area contributed by atoms with E-state index in [2.05, 4.69) is 20.8 Å². The van der Waals surface area contributed by atoms with Gasteiger partial charge in [-0.2, -0.15) is 0 Å². The van der Waals surface area contributed by atoms with Gasteiger partial charge in [-0.3, -0.25) is 0 Å². The highest BCUT2D eigenvalue weighted by Crippen LogP contribution is 2.28. The number of halogens is 2. The Kier molecular flexibility index (Phi) is 8.07. The molecule has 1 aromatic rings. The van der Waals surface area contributed by atoms with Crippen LogP contribution < -0.4 is 0 Å². The molecular formula is C15H23BrClNO2. The Morgan fingerprint density at radius 2 is 2.05 bits per heavy atom. The second kappa shape index (κ2) is 9.00. The van der Waals surface area contributed by atoms with Gasteiger partial charge in [-0.1, -0.05) is 33.6 Å². The maximum absolute atomic E-state index is 10.2. The van der Waals surface area contributed by atoms with Crippen molar-refractivity contribution in [3.8, 4) is 0 Å². The first-order chi connectivity index (χ1) is 9.40. The third-order valence-electron chi connectivity index (χ3n) is 3.03. The first kappa shape index (κ1) is 17.9. The molecule has 5 heteroatoms. The summed E-state index contributed by atoms with van der Waals surface area (Å²) in [4.78, 5) is 2.15. The van der Waals surface area contributed by atoms with Crippen molar-refractivity contribution in [3.63, 3.8) is 0 Å². The van der Waals surface area contributed by atoms with Crippen molar-refractivity contribution in [1.29, 1.82) is 0 Å². The topological polar surface area (TPSA) is 32.7 Å². The van der Waals surface area contributed by atoms with E-state index < -0.39 is 6.10 Å². The number of ether oxygens (including phenoxy) is 1. The van der Waals surface area contributed by atoms with Gasteiger partial charge in [0.05, 0.1) is 18.8 Å². The Morgan fingerprint density at radius 3 is 2.65 bits per heavy atom. The Hall–Kier alpha value is -0.130. The van der Waals surface area contributed by atoms with Gasteiger partial charge in [0.15, 0.2) is 0 Å². The quantitative estimate of drug-likeness (QED) is 0.760. The minimum absolute atomic E-state index is 0.260. The van der Waals surface area contributed by atoms with Gasteiger partial charge in [-0.15, -0.1) is 0 Å². The van der Waals surface area contributed by atoms with Gasteiger partial charge in [0, 0.05) is 22.6 Å². The van der Waals surface area contributed by atoms with Crippen molar-refractivity contribution in [3.05, 3.63) is 33.3 Å². The predicted octanol–water partition coefficient (Wildman–Crippen LogP) is 3.88. The third kappa shape index (κ3) is 6.55. The molecule has 3 nitrogen and oxygen atoms in total. The SMILES string of the molecule is CC(C)OCCN(C)CCC(O)c1ccc(Br)cc1Cl. The summed E-state index contributed by atoms with van der Waals surface area (Å²) in [5.74, 6) is 0. The average molecular weight is 365 g/mol. The van der Waals surface area contributed by atoms with Crippen molar-refractivity contribution < 1.29 is 9.84 Å². The van der Waals surface area contributed by atoms with Crippen molar-refractivity contribution in [1.82, 2.24) is 4.90 Å². The fraction of sp³-hybridized carbons (Fsp3) is 0.600. The van der Waals surface area contributed by atoms with E-state index in [9.17, 15) is 5.11 Å². The summed E-state index contributed by atoms with van der Waals surface area (Å²) in [6.45, 7) is 6.43. The molecule has 1 atom stereocenters. The molecule has 0 fully saturated rings. The molecule has 0 aliphatic rings. The van der Waals surface area contributed by atoms with Gasteiger partial charge in [0.1, 0.15) is 0 Å². The highest BCUT2D eigenvalue weighted by molar-refractivity contribution is 9.10. The summed E-state index contributed by atoms with van der Waals surface area (Å²) >= 11 is 9.49. The molecule has 114 valence electrons. The van der Waals surface area contributed by atoms with Crippen molar-refractivity contribution >= 4 is 27.5 Å². The smallest absolute Gasteiger partial charge is 0.0816 e. The number of hydrogen-bond donors (Lipinski definition) is 1. The molecule has 0 saturated heterocycles. The molecule has 1 unspecified atom stereocenters. The van der Waals surface area contributed by atoms with Crippen molar-refractivity contribution in [2.24, 2.45) is 0 Å². The highest BCUT2D eigenvalue weighted by atomic mass is 79.9. The average Bonchev–Trinajstić information content (AvgIpc) is 2.35. The third-order valence-corrected chi connectivity index (χ3v) is 3.85. The van der Waals surface area contributed by atoms with Crippen LogP contribution in [0.4, 0.5) is 0 Å². The fourth-order valence-corrected chi connectivity index (χ4v) is 2.63. The first-order valence-electron chi connectivity index (χ1n) is 6.83. The molecular weight excluding hydrogens is 342 g/mol. The van der Waals surface area contributed by atoms with E-state index in [0.29, 0.717) is 18.1 Å². The second-order valence-electron chi connectivity index (χ2n) is 5.19. The first-order valence-corrected chi connectivity index (χ1v) is 8.00. The van der Waals surface area contributed by atoms with E-state index in [-0.39, 0.29) is 6.10 Å².